The summed E-state index contributed by atoms with van der Waals surface area (Å²) in [6, 6.07) is 13.2. The average molecular weight is 742 g/mol. The van der Waals surface area contributed by atoms with Gasteiger partial charge < -0.3 is 46.0 Å². The zero-order valence-electron chi connectivity index (χ0n) is 26.4. The predicted molar refractivity (Wildman–Crippen MR) is 165 cm³/mol. The molecule has 4 rings (SSSR count). The molecular weight excluding hydrogens is 713 g/mol. The Hall–Kier alpha value is -5.49. The van der Waals surface area contributed by atoms with Crippen LogP contribution in [-0.4, -0.2) is 55.6 Å². The number of rotatable bonds is 7. The summed E-state index contributed by atoms with van der Waals surface area (Å²) in [6.07, 6.45) is 3.23. The first kappa shape index (κ1) is 44.6. The van der Waals surface area contributed by atoms with E-state index in [-0.39, 0.29) is 32.7 Å². The fourth-order valence-electron chi connectivity index (χ4n) is 3.50. The van der Waals surface area contributed by atoms with E-state index in [1.165, 1.54) is 6.92 Å². The Kier molecular flexibility index (Phi) is 23.0. The maximum Gasteiger partial charge on any atom is 3.00 e. The Morgan fingerprint density at radius 3 is 1.04 bits per heavy atom. The summed E-state index contributed by atoms with van der Waals surface area (Å²) in [5.74, 6) is 1.04. The Balaban J connectivity index is 0. The molecule has 250 valence electrons. The van der Waals surface area contributed by atoms with Gasteiger partial charge in [0.2, 0.25) is 11.6 Å². The predicted octanol–water partition coefficient (Wildman–Crippen LogP) is 3.91. The zero-order chi connectivity index (χ0) is 35.9. The third kappa shape index (κ3) is 17.3. The van der Waals surface area contributed by atoms with Gasteiger partial charge in [0.05, 0.1) is 55.5 Å². The van der Waals surface area contributed by atoms with Gasteiger partial charge in [-0.25, -0.2) is 19.9 Å². The van der Waals surface area contributed by atoms with Crippen LogP contribution in [0.5, 0.6) is 0 Å². The van der Waals surface area contributed by atoms with E-state index in [1.54, 1.807) is 6.07 Å². The van der Waals surface area contributed by atoms with Crippen LogP contribution in [0.4, 0.5) is 0 Å². The summed E-state index contributed by atoms with van der Waals surface area (Å²) < 4.78 is 0. The molecule has 4 aromatic rings. The molecule has 21 nitrogen and oxygen atoms in total. The molecule has 0 radical (unpaired) electrons. The van der Waals surface area contributed by atoms with Crippen molar-refractivity contribution in [2.75, 3.05) is 0 Å². The second-order valence-corrected chi connectivity index (χ2v) is 8.18. The van der Waals surface area contributed by atoms with Crippen molar-refractivity contribution in [3.63, 3.8) is 0 Å². The zero-order valence-corrected chi connectivity index (χ0v) is 29.2. The third-order valence-corrected chi connectivity index (χ3v) is 5.24. The van der Waals surface area contributed by atoms with Crippen molar-refractivity contribution in [2.45, 2.75) is 60.3 Å². The van der Waals surface area contributed by atoms with Gasteiger partial charge in [0, 0.05) is 6.92 Å². The topological polar surface area (TPSA) is 326 Å². The number of hydrogen-bond donors (Lipinski definition) is 0. The SMILES string of the molecule is CC#N.CCc1nnc(-c2cccc(-c3cccc(-c4nnc(CC)c(CC)n4)n3)n2)nc1CC.O=[N+]([O-])[O-].O=[N+]([O-])[O-].O=[N+]([O-])[O-].[Y+3]. The summed E-state index contributed by atoms with van der Waals surface area (Å²) in [4.78, 5) is 43.6. The number of hydrogen-bond acceptors (Lipinski definition) is 18. The number of aromatic nitrogens is 8. The fraction of sp³-hybridized carbons (Fsp3) is 0.346. The molecule has 4 aromatic heterocycles. The second-order valence-electron chi connectivity index (χ2n) is 8.18. The van der Waals surface area contributed by atoms with E-state index in [1.807, 2.05) is 36.4 Å². The minimum atomic E-state index is -1.75. The Bertz CT molecular complexity index is 1520. The monoisotopic (exact) mass is 742 g/mol. The van der Waals surface area contributed by atoms with Gasteiger partial charge in [-0.1, -0.05) is 39.8 Å². The van der Waals surface area contributed by atoms with Crippen LogP contribution in [0, 0.1) is 57.3 Å². The number of pyridine rings is 2. The molecular formula is C26H29N12O9Y. The first-order valence-corrected chi connectivity index (χ1v) is 13.4. The minimum Gasteiger partial charge on any atom is -0.356 e. The molecule has 4 heterocycles. The van der Waals surface area contributed by atoms with Crippen molar-refractivity contribution in [2.24, 2.45) is 0 Å². The van der Waals surface area contributed by atoms with Crippen LogP contribution in [0.25, 0.3) is 34.4 Å². The molecule has 0 spiro atoms. The van der Waals surface area contributed by atoms with Crippen molar-refractivity contribution < 1.29 is 48.0 Å². The minimum absolute atomic E-state index is 0. The summed E-state index contributed by atoms with van der Waals surface area (Å²) in [6.45, 7) is 9.68. The first-order valence-electron chi connectivity index (χ1n) is 13.4. The number of nitriles is 1. The van der Waals surface area contributed by atoms with Gasteiger partial charge in [0.15, 0.2) is 0 Å². The first-order chi connectivity index (χ1) is 22.3. The smallest absolute Gasteiger partial charge is 0.356 e. The molecule has 48 heavy (non-hydrogen) atoms. The molecule has 0 aromatic carbocycles. The molecule has 0 amide bonds. The summed E-state index contributed by atoms with van der Waals surface area (Å²) in [5.41, 5.74) is 6.54. The molecule has 0 fully saturated rings. The van der Waals surface area contributed by atoms with Crippen molar-refractivity contribution in [3.05, 3.63) is 105 Å². The van der Waals surface area contributed by atoms with Crippen LogP contribution in [0.3, 0.4) is 0 Å². The quantitative estimate of drug-likeness (QED) is 0.191. The van der Waals surface area contributed by atoms with Gasteiger partial charge in [-0.05, 0) is 49.9 Å². The Labute approximate surface area is 298 Å². The fourth-order valence-corrected chi connectivity index (χ4v) is 3.50. The van der Waals surface area contributed by atoms with Gasteiger partial charge in [-0.15, -0.1) is 10.2 Å². The maximum atomic E-state index is 8.25. The molecule has 0 unspecified atom stereocenters. The van der Waals surface area contributed by atoms with E-state index in [0.717, 1.165) is 59.8 Å². The van der Waals surface area contributed by atoms with Crippen LogP contribution < -0.4 is 0 Å². The van der Waals surface area contributed by atoms with E-state index in [0.29, 0.717) is 23.0 Å². The molecule has 0 saturated heterocycles. The van der Waals surface area contributed by atoms with Gasteiger partial charge >= 0.3 is 32.7 Å². The Morgan fingerprint density at radius 1 is 0.542 bits per heavy atom. The molecule has 0 N–H and O–H groups in total. The molecule has 0 aliphatic heterocycles. The maximum absolute atomic E-state index is 8.25. The molecule has 0 aliphatic rings. The largest absolute Gasteiger partial charge is 3.00 e. The van der Waals surface area contributed by atoms with Crippen molar-refractivity contribution in [1.82, 2.24) is 40.3 Å². The van der Waals surface area contributed by atoms with E-state index in [2.05, 4.69) is 58.1 Å². The summed E-state index contributed by atoms with van der Waals surface area (Å²) in [7, 11) is 0. The van der Waals surface area contributed by atoms with Crippen molar-refractivity contribution in [1.29, 1.82) is 5.26 Å². The second kappa shape index (κ2) is 24.7. The van der Waals surface area contributed by atoms with Gasteiger partial charge in [0.1, 0.15) is 11.4 Å². The normalized spacial score (nSPS) is 9.00. The summed E-state index contributed by atoms with van der Waals surface area (Å²) >= 11 is 0. The van der Waals surface area contributed by atoms with Crippen LogP contribution in [-0.2, 0) is 58.4 Å². The van der Waals surface area contributed by atoms with Crippen LogP contribution in [0.15, 0.2) is 36.4 Å². The standard InChI is InChI=1S/C24H26N8.C2H3N.3NO3.Y/c1-5-15-17(7-3)29-31-23(27-15)21-13-9-11-19(25-21)20-12-10-14-22(26-20)24-28-16(6-2)18(8-4)30-32-24;1-2-3;3*2-1(3)4;/h9-14H,5-8H2,1-4H3;1H3;;;;/q;;3*-1;+3. The summed E-state index contributed by atoms with van der Waals surface area (Å²) in [5, 5.41) is 68.8. The van der Waals surface area contributed by atoms with Crippen LogP contribution in [0.2, 0.25) is 0 Å². The van der Waals surface area contributed by atoms with Crippen molar-refractivity contribution in [3.8, 4) is 40.5 Å². The molecule has 0 bridgehead atoms. The van der Waals surface area contributed by atoms with E-state index in [9.17, 15) is 0 Å². The van der Waals surface area contributed by atoms with Gasteiger partial charge in [-0.3, -0.25) is 0 Å². The molecule has 0 atom stereocenters. The van der Waals surface area contributed by atoms with E-state index in [4.69, 9.17) is 61.2 Å². The van der Waals surface area contributed by atoms with E-state index >= 15 is 0 Å². The average Bonchev–Trinajstić information content (AvgIpc) is 3.03. The molecule has 0 saturated carbocycles. The van der Waals surface area contributed by atoms with Gasteiger partial charge in [0.25, 0.3) is 0 Å². The van der Waals surface area contributed by atoms with Crippen LogP contribution in [0.1, 0.15) is 57.4 Å². The number of nitrogens with zero attached hydrogens (tertiary/aromatic N) is 12. The number of aryl methyl sites for hydroxylation is 4. The third-order valence-electron chi connectivity index (χ3n) is 5.24. The Morgan fingerprint density at radius 2 is 0.792 bits per heavy atom. The van der Waals surface area contributed by atoms with Crippen molar-refractivity contribution >= 4 is 0 Å². The van der Waals surface area contributed by atoms with E-state index < -0.39 is 15.3 Å². The van der Waals surface area contributed by atoms with Gasteiger partial charge in [-0.2, -0.15) is 15.5 Å². The molecule has 22 heteroatoms. The van der Waals surface area contributed by atoms with Crippen LogP contribution >= 0.6 is 0 Å². The molecule has 0 aliphatic carbocycles.